The summed E-state index contributed by atoms with van der Waals surface area (Å²) in [5.41, 5.74) is 0.938. The Labute approximate surface area is 207 Å². The molecule has 0 radical (unpaired) electrons. The summed E-state index contributed by atoms with van der Waals surface area (Å²) in [6.07, 6.45) is -4.47. The number of hydrogen-bond acceptors (Lipinski definition) is 9. The summed E-state index contributed by atoms with van der Waals surface area (Å²) in [6, 6.07) is 5.22. The van der Waals surface area contributed by atoms with Gasteiger partial charge in [-0.1, -0.05) is 35.3 Å². The Kier molecular flexibility index (Phi) is 7.65. The number of hydrogen-bond donors (Lipinski definition) is 5. The van der Waals surface area contributed by atoms with Crippen LogP contribution in [0.3, 0.4) is 0 Å². The Balaban J connectivity index is 1.55. The molecule has 1 saturated heterocycles. The molecule has 4 atom stereocenters. The van der Waals surface area contributed by atoms with Gasteiger partial charge >= 0.3 is 7.60 Å². The first-order chi connectivity index (χ1) is 16.0. The molecule has 5 N–H and O–H groups in total. The fourth-order valence-corrected chi connectivity index (χ4v) is 4.34. The Bertz CT molecular complexity index is 1240. The first kappa shape index (κ1) is 25.5. The van der Waals surface area contributed by atoms with Crippen LogP contribution in [0.25, 0.3) is 11.0 Å². The average Bonchev–Trinajstić information content (AvgIpc) is 3.29. The highest BCUT2D eigenvalue weighted by atomic mass is 35.5. The number of benzene rings is 1. The Hall–Kier alpha value is -1.57. The molecule has 34 heavy (non-hydrogen) atoms. The predicted molar refractivity (Wildman–Crippen MR) is 123 cm³/mol. The second-order valence-corrected chi connectivity index (χ2v) is 10.2. The van der Waals surface area contributed by atoms with Crippen molar-refractivity contribution < 1.29 is 34.0 Å². The van der Waals surface area contributed by atoms with Crippen molar-refractivity contribution >= 4 is 59.2 Å². The molecular formula is C18H19Cl3N5O7P. The minimum Gasteiger partial charge on any atom is -0.387 e. The average molecular weight is 555 g/mol. The highest BCUT2D eigenvalue weighted by molar-refractivity contribution is 7.51. The van der Waals surface area contributed by atoms with Gasteiger partial charge in [-0.2, -0.15) is 15.1 Å². The van der Waals surface area contributed by atoms with Crippen molar-refractivity contribution in [2.24, 2.45) is 0 Å². The van der Waals surface area contributed by atoms with Crippen LogP contribution >= 0.6 is 42.4 Å². The number of aromatic nitrogens is 4. The fraction of sp³-hybridized carbons (Fsp3) is 0.389. The first-order valence-electron chi connectivity index (χ1n) is 9.76. The van der Waals surface area contributed by atoms with Crippen molar-refractivity contribution in [1.82, 2.24) is 19.7 Å². The van der Waals surface area contributed by atoms with Crippen LogP contribution in [0, 0.1) is 0 Å². The van der Waals surface area contributed by atoms with Gasteiger partial charge in [0.15, 0.2) is 11.9 Å². The molecule has 0 saturated carbocycles. The van der Waals surface area contributed by atoms with Crippen LogP contribution in [0.1, 0.15) is 11.8 Å². The molecule has 0 spiro atoms. The summed E-state index contributed by atoms with van der Waals surface area (Å²) in [4.78, 5) is 26.2. The zero-order valence-electron chi connectivity index (χ0n) is 17.1. The number of ether oxygens (including phenoxy) is 2. The van der Waals surface area contributed by atoms with Crippen LogP contribution in [-0.2, 0) is 20.6 Å². The summed E-state index contributed by atoms with van der Waals surface area (Å²) in [5.74, 6) is 0.340. The molecule has 1 aliphatic heterocycles. The lowest BCUT2D eigenvalue weighted by Crippen LogP contribution is -2.34. The van der Waals surface area contributed by atoms with Crippen LogP contribution in [0.5, 0.6) is 0 Å². The van der Waals surface area contributed by atoms with E-state index in [9.17, 15) is 14.8 Å². The highest BCUT2D eigenvalue weighted by Gasteiger charge is 2.45. The van der Waals surface area contributed by atoms with Crippen molar-refractivity contribution in [1.29, 1.82) is 0 Å². The zero-order valence-corrected chi connectivity index (χ0v) is 20.3. The van der Waals surface area contributed by atoms with Crippen LogP contribution < -0.4 is 5.32 Å². The van der Waals surface area contributed by atoms with E-state index in [-0.39, 0.29) is 24.1 Å². The SMILES string of the molecule is O=P(O)(O)COC[C@H]1O[C@@H](n2ncc3c(NCc4cccc(Cl)c4Cl)nc(Cl)nc32)[C@H](O)[C@@H]1O. The van der Waals surface area contributed by atoms with Gasteiger partial charge in [-0.15, -0.1) is 0 Å². The second kappa shape index (κ2) is 10.2. The Morgan fingerprint density at radius 3 is 2.68 bits per heavy atom. The maximum Gasteiger partial charge on any atom is 0.350 e. The number of aliphatic hydroxyl groups is 2. The summed E-state index contributed by atoms with van der Waals surface area (Å²) in [5, 5.41) is 29.3. The number of nitrogens with one attached hydrogen (secondary N) is 1. The van der Waals surface area contributed by atoms with Gasteiger partial charge in [0.1, 0.15) is 30.5 Å². The summed E-state index contributed by atoms with van der Waals surface area (Å²) in [6.45, 7) is -0.0881. The third kappa shape index (κ3) is 5.47. The molecule has 4 rings (SSSR count). The van der Waals surface area contributed by atoms with Crippen molar-refractivity contribution in [2.45, 2.75) is 31.1 Å². The molecule has 184 valence electrons. The van der Waals surface area contributed by atoms with Gasteiger partial charge in [0.25, 0.3) is 0 Å². The maximum absolute atomic E-state index is 10.9. The fourth-order valence-electron chi connectivity index (χ4n) is 3.44. The Morgan fingerprint density at radius 2 is 1.94 bits per heavy atom. The van der Waals surface area contributed by atoms with Crippen LogP contribution in [0.2, 0.25) is 15.3 Å². The summed E-state index contributed by atoms with van der Waals surface area (Å²) < 4.78 is 22.8. The van der Waals surface area contributed by atoms with Crippen LogP contribution in [0.15, 0.2) is 24.4 Å². The monoisotopic (exact) mass is 553 g/mol. The number of anilines is 1. The molecule has 1 aliphatic rings. The molecule has 16 heteroatoms. The molecule has 3 aromatic rings. The molecule has 2 aromatic heterocycles. The summed E-state index contributed by atoms with van der Waals surface area (Å²) in [7, 11) is -4.39. The van der Waals surface area contributed by atoms with Gasteiger partial charge in [-0.05, 0) is 23.2 Å². The number of aliphatic hydroxyl groups excluding tert-OH is 2. The molecule has 3 heterocycles. The maximum atomic E-state index is 10.9. The first-order valence-corrected chi connectivity index (χ1v) is 12.7. The number of rotatable bonds is 8. The quantitative estimate of drug-likeness (QED) is 0.204. The second-order valence-electron chi connectivity index (χ2n) is 7.45. The largest absolute Gasteiger partial charge is 0.387 e. The van der Waals surface area contributed by atoms with Crippen LogP contribution in [0.4, 0.5) is 5.82 Å². The molecule has 0 unspecified atom stereocenters. The normalized spacial score (nSPS) is 23.0. The van der Waals surface area contributed by atoms with Gasteiger partial charge in [-0.25, -0.2) is 4.68 Å². The lowest BCUT2D eigenvalue weighted by molar-refractivity contribution is -0.0658. The lowest BCUT2D eigenvalue weighted by Gasteiger charge is -2.16. The minimum atomic E-state index is -4.39. The third-order valence-corrected chi connectivity index (χ3v) is 6.57. The van der Waals surface area contributed by atoms with E-state index in [1.165, 1.54) is 10.9 Å². The highest BCUT2D eigenvalue weighted by Crippen LogP contribution is 2.36. The predicted octanol–water partition coefficient (Wildman–Crippen LogP) is 2.17. The summed E-state index contributed by atoms with van der Waals surface area (Å²) >= 11 is 18.4. The van der Waals surface area contributed by atoms with Crippen molar-refractivity contribution in [2.75, 3.05) is 18.3 Å². The zero-order chi connectivity index (χ0) is 24.6. The standard InChI is InChI=1S/C18H19Cl3N5O7P/c19-10-3-1-2-8(12(10)20)4-22-15-9-5-23-26(16(9)25-18(21)24-15)17-14(28)13(27)11(33-17)6-32-7-34(29,30)31/h1-3,5,11,13-14,17,27-28H,4,6-7H2,(H,22,24,25)(H2,29,30,31)/t11-,13-,14-,17-/m1/s1. The van der Waals surface area contributed by atoms with E-state index in [0.717, 1.165) is 5.56 Å². The van der Waals surface area contributed by atoms with E-state index in [2.05, 4.69) is 20.4 Å². The van der Waals surface area contributed by atoms with E-state index < -0.39 is 38.5 Å². The van der Waals surface area contributed by atoms with Crippen molar-refractivity contribution in [3.8, 4) is 0 Å². The minimum absolute atomic E-state index is 0.108. The lowest BCUT2D eigenvalue weighted by atomic mass is 10.1. The number of nitrogens with zero attached hydrogens (tertiary/aromatic N) is 4. The van der Waals surface area contributed by atoms with Crippen LogP contribution in [-0.4, -0.2) is 71.0 Å². The van der Waals surface area contributed by atoms with Crippen molar-refractivity contribution in [3.63, 3.8) is 0 Å². The molecule has 0 amide bonds. The van der Waals surface area contributed by atoms with Gasteiger partial charge in [-0.3, -0.25) is 4.57 Å². The third-order valence-electron chi connectivity index (χ3n) is 5.02. The van der Waals surface area contributed by atoms with Gasteiger partial charge in [0.2, 0.25) is 5.28 Å². The topological polar surface area (TPSA) is 172 Å². The van der Waals surface area contributed by atoms with Gasteiger partial charge < -0.3 is 34.8 Å². The molecule has 1 aromatic carbocycles. The molecule has 0 bridgehead atoms. The van der Waals surface area contributed by atoms with E-state index in [4.69, 9.17) is 54.1 Å². The molecule has 0 aliphatic carbocycles. The van der Waals surface area contributed by atoms with E-state index in [1.807, 2.05) is 0 Å². The van der Waals surface area contributed by atoms with Gasteiger partial charge in [0.05, 0.1) is 28.2 Å². The number of halogens is 3. The van der Waals surface area contributed by atoms with E-state index in [1.54, 1.807) is 18.2 Å². The van der Waals surface area contributed by atoms with E-state index >= 15 is 0 Å². The molecule has 12 nitrogen and oxygen atoms in total. The smallest absolute Gasteiger partial charge is 0.350 e. The van der Waals surface area contributed by atoms with E-state index in [0.29, 0.717) is 21.2 Å². The number of fused-ring (bicyclic) bond motifs is 1. The Morgan fingerprint density at radius 1 is 1.18 bits per heavy atom. The molecular weight excluding hydrogens is 536 g/mol. The molecule has 1 fully saturated rings. The van der Waals surface area contributed by atoms with Gasteiger partial charge in [0, 0.05) is 6.54 Å². The van der Waals surface area contributed by atoms with Crippen molar-refractivity contribution in [3.05, 3.63) is 45.3 Å².